The Balaban J connectivity index is 1.67. The summed E-state index contributed by atoms with van der Waals surface area (Å²) in [6, 6.07) is 0.955. The highest BCUT2D eigenvalue weighted by atomic mass is 32.1. The van der Waals surface area contributed by atoms with Crippen LogP contribution in [0.1, 0.15) is 36.8 Å². The summed E-state index contributed by atoms with van der Waals surface area (Å²) < 4.78 is 0. The Morgan fingerprint density at radius 1 is 1.56 bits per heavy atom. The lowest BCUT2D eigenvalue weighted by atomic mass is 9.88. The molecule has 98 valence electrons. The predicted octanol–water partition coefficient (Wildman–Crippen LogP) is 2.09. The van der Waals surface area contributed by atoms with E-state index in [1.54, 1.807) is 11.3 Å². The molecule has 0 aliphatic carbocycles. The zero-order valence-corrected chi connectivity index (χ0v) is 11.6. The van der Waals surface area contributed by atoms with Crippen LogP contribution in [0.3, 0.4) is 0 Å². The van der Waals surface area contributed by atoms with Crippen LogP contribution < -0.4 is 10.6 Å². The third-order valence-corrected chi connectivity index (χ3v) is 5.02. The average Bonchev–Trinajstić information content (AvgIpc) is 3.03. The zero-order chi connectivity index (χ0) is 12.7. The van der Waals surface area contributed by atoms with Gasteiger partial charge in [0.1, 0.15) is 0 Å². The van der Waals surface area contributed by atoms with Gasteiger partial charge in [-0.1, -0.05) is 6.92 Å². The number of fused-ring (bicyclic) bond motifs is 2. The molecule has 2 saturated heterocycles. The van der Waals surface area contributed by atoms with Gasteiger partial charge in [-0.15, -0.1) is 11.3 Å². The van der Waals surface area contributed by atoms with Crippen molar-refractivity contribution in [2.75, 3.05) is 5.32 Å². The van der Waals surface area contributed by atoms with Crippen molar-refractivity contribution < 1.29 is 4.79 Å². The van der Waals surface area contributed by atoms with Gasteiger partial charge in [0.15, 0.2) is 5.13 Å². The van der Waals surface area contributed by atoms with Crippen molar-refractivity contribution in [1.29, 1.82) is 0 Å². The number of carbonyl (C=O) groups excluding carboxylic acids is 1. The van der Waals surface area contributed by atoms with E-state index < -0.39 is 0 Å². The predicted molar refractivity (Wildman–Crippen MR) is 72.9 cm³/mol. The Bertz CT molecular complexity index is 471. The number of nitrogens with zero attached hydrogens (tertiary/aromatic N) is 1. The Hall–Kier alpha value is -0.940. The van der Waals surface area contributed by atoms with E-state index >= 15 is 0 Å². The van der Waals surface area contributed by atoms with E-state index in [0.717, 1.165) is 30.1 Å². The summed E-state index contributed by atoms with van der Waals surface area (Å²) in [5, 5.41) is 7.25. The van der Waals surface area contributed by atoms with Crippen LogP contribution in [0.5, 0.6) is 0 Å². The first kappa shape index (κ1) is 12.1. The Kier molecular flexibility index (Phi) is 3.11. The number of aromatic nitrogens is 1. The van der Waals surface area contributed by atoms with Crippen molar-refractivity contribution in [1.82, 2.24) is 10.3 Å². The number of thiazole rings is 1. The summed E-state index contributed by atoms with van der Waals surface area (Å²) in [6.45, 7) is 4.15. The van der Waals surface area contributed by atoms with Crippen LogP contribution in [-0.2, 0) is 11.2 Å². The largest absolute Gasteiger partial charge is 0.310 e. The fourth-order valence-electron chi connectivity index (χ4n) is 3.12. The lowest BCUT2D eigenvalue weighted by Crippen LogP contribution is -2.32. The summed E-state index contributed by atoms with van der Waals surface area (Å²) in [6.07, 6.45) is 4.28. The lowest BCUT2D eigenvalue weighted by molar-refractivity contribution is -0.120. The van der Waals surface area contributed by atoms with Crippen molar-refractivity contribution in [2.45, 2.75) is 51.6 Å². The first-order chi connectivity index (χ1) is 8.67. The summed E-state index contributed by atoms with van der Waals surface area (Å²) in [5.74, 6) is 0.282. The highest BCUT2D eigenvalue weighted by Gasteiger charge is 2.42. The van der Waals surface area contributed by atoms with Crippen molar-refractivity contribution in [3.05, 3.63) is 10.6 Å². The third-order valence-electron chi connectivity index (χ3n) is 4.09. The molecule has 0 aromatic carbocycles. The van der Waals surface area contributed by atoms with E-state index in [4.69, 9.17) is 0 Å². The van der Waals surface area contributed by atoms with Gasteiger partial charge in [0.05, 0.1) is 11.6 Å². The van der Waals surface area contributed by atoms with Crippen LogP contribution in [0.4, 0.5) is 5.13 Å². The van der Waals surface area contributed by atoms with Crippen molar-refractivity contribution in [2.24, 2.45) is 5.92 Å². The number of rotatable bonds is 3. The molecule has 0 spiro atoms. The normalized spacial score (nSPS) is 29.8. The maximum absolute atomic E-state index is 12.2. The van der Waals surface area contributed by atoms with E-state index in [1.165, 1.54) is 11.3 Å². The molecule has 3 rings (SSSR count). The van der Waals surface area contributed by atoms with Gasteiger partial charge in [-0.25, -0.2) is 4.98 Å². The quantitative estimate of drug-likeness (QED) is 0.880. The first-order valence-electron chi connectivity index (χ1n) is 6.70. The summed E-state index contributed by atoms with van der Waals surface area (Å²) in [4.78, 5) is 17.9. The van der Waals surface area contributed by atoms with Gasteiger partial charge in [-0.3, -0.25) is 4.79 Å². The van der Waals surface area contributed by atoms with E-state index in [-0.39, 0.29) is 11.8 Å². The number of anilines is 1. The molecule has 2 fully saturated rings. The lowest BCUT2D eigenvalue weighted by Gasteiger charge is -2.18. The standard InChI is InChI=1S/C13H19N3OS/c1-3-10-7(2)18-13(15-10)16-12(17)9-6-8-4-5-11(9)14-8/h8-9,11,14H,3-6H2,1-2H3,(H,15,16,17). The van der Waals surface area contributed by atoms with Gasteiger partial charge in [0.2, 0.25) is 5.91 Å². The topological polar surface area (TPSA) is 54.0 Å². The summed E-state index contributed by atoms with van der Waals surface area (Å²) in [7, 11) is 0. The van der Waals surface area contributed by atoms with Gasteiger partial charge >= 0.3 is 0 Å². The molecular weight excluding hydrogens is 246 g/mol. The van der Waals surface area contributed by atoms with Gasteiger partial charge in [0, 0.05) is 17.0 Å². The minimum atomic E-state index is 0.137. The summed E-state index contributed by atoms with van der Waals surface area (Å²) in [5.41, 5.74) is 1.10. The zero-order valence-electron chi connectivity index (χ0n) is 10.8. The van der Waals surface area contributed by atoms with Crippen LogP contribution in [-0.4, -0.2) is 23.0 Å². The number of aryl methyl sites for hydroxylation is 2. The van der Waals surface area contributed by atoms with Crippen molar-refractivity contribution in [3.8, 4) is 0 Å². The molecule has 1 aromatic rings. The number of amides is 1. The minimum absolute atomic E-state index is 0.137. The van der Waals surface area contributed by atoms with E-state index in [9.17, 15) is 4.79 Å². The fourth-order valence-corrected chi connectivity index (χ4v) is 4.03. The molecule has 3 atom stereocenters. The molecule has 18 heavy (non-hydrogen) atoms. The SMILES string of the molecule is CCc1nc(NC(=O)C2CC3CCC2N3)sc1C. The molecule has 0 saturated carbocycles. The molecule has 1 aromatic heterocycles. The van der Waals surface area contributed by atoms with Crippen LogP contribution in [0.25, 0.3) is 0 Å². The fraction of sp³-hybridized carbons (Fsp3) is 0.692. The number of hydrogen-bond donors (Lipinski definition) is 2. The average molecular weight is 265 g/mol. The maximum Gasteiger partial charge on any atom is 0.230 e. The molecule has 5 heteroatoms. The molecule has 2 aliphatic rings. The summed E-state index contributed by atoms with van der Waals surface area (Å²) >= 11 is 1.58. The van der Waals surface area contributed by atoms with Gasteiger partial charge < -0.3 is 10.6 Å². The molecule has 3 unspecified atom stereocenters. The second kappa shape index (κ2) is 4.63. The molecular formula is C13H19N3OS. The highest BCUT2D eigenvalue weighted by molar-refractivity contribution is 7.15. The molecule has 2 N–H and O–H groups in total. The van der Waals surface area contributed by atoms with Crippen molar-refractivity contribution >= 4 is 22.4 Å². The van der Waals surface area contributed by atoms with Crippen LogP contribution in [0.15, 0.2) is 0 Å². The van der Waals surface area contributed by atoms with Crippen LogP contribution in [0.2, 0.25) is 0 Å². The first-order valence-corrected chi connectivity index (χ1v) is 7.52. The molecule has 2 aliphatic heterocycles. The van der Waals surface area contributed by atoms with E-state index in [0.29, 0.717) is 12.1 Å². The molecule has 4 nitrogen and oxygen atoms in total. The van der Waals surface area contributed by atoms with Crippen LogP contribution in [0, 0.1) is 12.8 Å². The molecule has 0 radical (unpaired) electrons. The second-order valence-electron chi connectivity index (χ2n) is 5.25. The Morgan fingerprint density at radius 3 is 2.94 bits per heavy atom. The molecule has 1 amide bonds. The minimum Gasteiger partial charge on any atom is -0.310 e. The second-order valence-corrected chi connectivity index (χ2v) is 6.46. The smallest absolute Gasteiger partial charge is 0.230 e. The molecule has 3 heterocycles. The van der Waals surface area contributed by atoms with Crippen LogP contribution >= 0.6 is 11.3 Å². The number of carbonyl (C=O) groups is 1. The Morgan fingerprint density at radius 2 is 2.39 bits per heavy atom. The van der Waals surface area contributed by atoms with Gasteiger partial charge in [0.25, 0.3) is 0 Å². The third kappa shape index (κ3) is 2.06. The number of nitrogens with one attached hydrogen (secondary N) is 2. The Labute approximate surface area is 111 Å². The van der Waals surface area contributed by atoms with Crippen molar-refractivity contribution in [3.63, 3.8) is 0 Å². The van der Waals surface area contributed by atoms with Gasteiger partial charge in [-0.2, -0.15) is 0 Å². The monoisotopic (exact) mass is 265 g/mol. The number of hydrogen-bond acceptors (Lipinski definition) is 4. The van der Waals surface area contributed by atoms with E-state index in [1.807, 2.05) is 0 Å². The van der Waals surface area contributed by atoms with Gasteiger partial charge in [-0.05, 0) is 32.6 Å². The molecule has 2 bridgehead atoms. The van der Waals surface area contributed by atoms with E-state index in [2.05, 4.69) is 29.5 Å². The highest BCUT2D eigenvalue weighted by Crippen LogP contribution is 2.34. The maximum atomic E-state index is 12.2.